The Labute approximate surface area is 168 Å². The molecule has 0 saturated carbocycles. The fourth-order valence-electron chi connectivity index (χ4n) is 4.66. The van der Waals surface area contributed by atoms with Crippen molar-refractivity contribution >= 4 is 10.9 Å². The molecule has 2 atom stereocenters. The Morgan fingerprint density at radius 3 is 2.59 bits per heavy atom. The molecule has 0 radical (unpaired) electrons. The number of piperidine rings is 1. The third kappa shape index (κ3) is 3.62. The Kier molecular flexibility index (Phi) is 5.30. The van der Waals surface area contributed by atoms with Gasteiger partial charge >= 0.3 is 6.18 Å². The zero-order valence-corrected chi connectivity index (χ0v) is 16.6. The van der Waals surface area contributed by atoms with Gasteiger partial charge in [0.2, 0.25) is 0 Å². The lowest BCUT2D eigenvalue weighted by atomic mass is 9.89. The van der Waals surface area contributed by atoms with E-state index in [0.717, 1.165) is 29.5 Å². The molecular formula is C23H25F3N2O. The quantitative estimate of drug-likeness (QED) is 0.553. The highest BCUT2D eigenvalue weighted by Gasteiger charge is 2.49. The van der Waals surface area contributed by atoms with Gasteiger partial charge in [-0.05, 0) is 49.6 Å². The maximum Gasteiger partial charge on any atom is 0.408 e. The molecular weight excluding hydrogens is 377 g/mol. The number of rotatable bonds is 4. The van der Waals surface area contributed by atoms with Crippen LogP contribution in [0.2, 0.25) is 0 Å². The number of alkyl halides is 3. The lowest BCUT2D eigenvalue weighted by molar-refractivity contribution is -0.196. The van der Waals surface area contributed by atoms with Crippen LogP contribution in [0.15, 0.2) is 48.7 Å². The molecule has 1 aliphatic rings. The number of halogens is 3. The van der Waals surface area contributed by atoms with Gasteiger partial charge in [-0.3, -0.25) is 4.90 Å². The van der Waals surface area contributed by atoms with Crippen molar-refractivity contribution in [3.05, 3.63) is 65.4 Å². The largest absolute Gasteiger partial charge is 0.496 e. The number of aryl methyl sites for hydroxylation is 1. The zero-order valence-electron chi connectivity index (χ0n) is 16.6. The van der Waals surface area contributed by atoms with Crippen LogP contribution >= 0.6 is 0 Å². The van der Waals surface area contributed by atoms with Gasteiger partial charge in [0, 0.05) is 28.7 Å². The number of hydrogen-bond acceptors (Lipinski definition) is 2. The van der Waals surface area contributed by atoms with Crippen LogP contribution in [0.25, 0.3) is 10.9 Å². The van der Waals surface area contributed by atoms with Crippen LogP contribution in [0.5, 0.6) is 5.75 Å². The molecule has 3 aromatic rings. The van der Waals surface area contributed by atoms with Gasteiger partial charge in [-0.2, -0.15) is 13.2 Å². The maximum absolute atomic E-state index is 14.6. The van der Waals surface area contributed by atoms with Gasteiger partial charge in [-0.15, -0.1) is 0 Å². The number of nitrogens with one attached hydrogen (secondary N) is 1. The number of aromatic nitrogens is 1. The summed E-state index contributed by atoms with van der Waals surface area (Å²) in [6.07, 6.45) is -0.358. The van der Waals surface area contributed by atoms with Gasteiger partial charge in [0.05, 0.1) is 7.11 Å². The zero-order chi connectivity index (χ0) is 20.6. The predicted octanol–water partition coefficient (Wildman–Crippen LogP) is 6.32. The van der Waals surface area contributed by atoms with Crippen molar-refractivity contribution in [2.75, 3.05) is 13.7 Å². The van der Waals surface area contributed by atoms with Crippen LogP contribution in [0.4, 0.5) is 13.2 Å². The average molecular weight is 402 g/mol. The molecule has 1 saturated heterocycles. The third-order valence-electron chi connectivity index (χ3n) is 5.91. The molecule has 2 aromatic carbocycles. The summed E-state index contributed by atoms with van der Waals surface area (Å²) in [4.78, 5) is 4.71. The molecule has 1 aromatic heterocycles. The molecule has 2 heterocycles. The second-order valence-electron chi connectivity index (χ2n) is 7.68. The highest BCUT2D eigenvalue weighted by Crippen LogP contribution is 2.49. The first-order valence-electron chi connectivity index (χ1n) is 9.93. The van der Waals surface area contributed by atoms with Gasteiger partial charge in [0.15, 0.2) is 0 Å². The fraction of sp³-hybridized carbons (Fsp3) is 0.391. The van der Waals surface area contributed by atoms with E-state index >= 15 is 0 Å². The van der Waals surface area contributed by atoms with Gasteiger partial charge in [0.1, 0.15) is 11.8 Å². The number of aromatic amines is 1. The van der Waals surface area contributed by atoms with E-state index in [2.05, 4.69) is 4.98 Å². The summed E-state index contributed by atoms with van der Waals surface area (Å²) in [5.74, 6) is 0.286. The van der Waals surface area contributed by atoms with E-state index in [-0.39, 0.29) is 17.4 Å². The molecule has 3 nitrogen and oxygen atoms in total. The molecule has 1 unspecified atom stereocenters. The number of nitrogens with zero attached hydrogens (tertiary/aromatic N) is 1. The van der Waals surface area contributed by atoms with E-state index in [9.17, 15) is 13.2 Å². The van der Waals surface area contributed by atoms with Crippen molar-refractivity contribution in [3.63, 3.8) is 0 Å². The monoisotopic (exact) mass is 402 g/mol. The van der Waals surface area contributed by atoms with Crippen LogP contribution in [0, 0.1) is 6.92 Å². The van der Waals surface area contributed by atoms with Crippen molar-refractivity contribution in [1.82, 2.24) is 9.88 Å². The van der Waals surface area contributed by atoms with Crippen LogP contribution in [0.3, 0.4) is 0 Å². The number of hydrogen-bond donors (Lipinski definition) is 1. The summed E-state index contributed by atoms with van der Waals surface area (Å²) in [6.45, 7) is 2.27. The van der Waals surface area contributed by atoms with E-state index < -0.39 is 12.2 Å². The van der Waals surface area contributed by atoms with Gasteiger partial charge in [-0.25, -0.2) is 0 Å². The lowest BCUT2D eigenvalue weighted by Crippen LogP contribution is -2.43. The van der Waals surface area contributed by atoms with E-state index in [0.29, 0.717) is 18.4 Å². The summed E-state index contributed by atoms with van der Waals surface area (Å²) in [5, 5.41) is 0.571. The van der Waals surface area contributed by atoms with Gasteiger partial charge in [0.25, 0.3) is 0 Å². The Balaban J connectivity index is 1.91. The molecule has 0 amide bonds. The highest BCUT2D eigenvalue weighted by molar-refractivity contribution is 5.88. The predicted molar refractivity (Wildman–Crippen MR) is 108 cm³/mol. The summed E-state index contributed by atoms with van der Waals surface area (Å²) in [7, 11) is 1.44. The van der Waals surface area contributed by atoms with Crippen molar-refractivity contribution < 1.29 is 17.9 Å². The number of H-pyrrole nitrogens is 1. The normalized spacial score (nSPS) is 19.4. The average Bonchev–Trinajstić information content (AvgIpc) is 3.20. The van der Waals surface area contributed by atoms with Crippen LogP contribution in [0.1, 0.15) is 48.0 Å². The highest BCUT2D eigenvalue weighted by atomic mass is 19.4. The van der Waals surface area contributed by atoms with Gasteiger partial charge < -0.3 is 9.72 Å². The Morgan fingerprint density at radius 2 is 1.90 bits per heavy atom. The molecule has 29 heavy (non-hydrogen) atoms. The van der Waals surface area contributed by atoms with E-state index in [4.69, 9.17) is 4.74 Å². The second kappa shape index (κ2) is 7.75. The van der Waals surface area contributed by atoms with Crippen molar-refractivity contribution in [2.45, 2.75) is 44.4 Å². The molecule has 0 bridgehead atoms. The number of ether oxygens (including phenoxy) is 1. The number of likely N-dealkylation sites (tertiary alicyclic amines) is 1. The first-order chi connectivity index (χ1) is 13.9. The van der Waals surface area contributed by atoms with Crippen LogP contribution in [-0.4, -0.2) is 29.7 Å². The second-order valence-corrected chi connectivity index (χ2v) is 7.68. The molecule has 6 heteroatoms. The lowest BCUT2D eigenvalue weighted by Gasteiger charge is -2.42. The molecule has 0 spiro atoms. The summed E-state index contributed by atoms with van der Waals surface area (Å²) >= 11 is 0. The summed E-state index contributed by atoms with van der Waals surface area (Å²) in [5.41, 5.74) is 2.72. The molecule has 0 aliphatic carbocycles. The Hall–Kier alpha value is -2.47. The van der Waals surface area contributed by atoms with Crippen molar-refractivity contribution in [2.24, 2.45) is 0 Å². The summed E-state index contributed by atoms with van der Waals surface area (Å²) < 4.78 is 49.3. The maximum atomic E-state index is 14.6. The smallest absolute Gasteiger partial charge is 0.408 e. The van der Waals surface area contributed by atoms with Gasteiger partial charge in [-0.1, -0.05) is 36.8 Å². The number of methoxy groups -OCH3 is 1. The molecule has 154 valence electrons. The molecule has 1 N–H and O–H groups in total. The van der Waals surface area contributed by atoms with E-state index in [1.807, 2.05) is 37.3 Å². The first kappa shape index (κ1) is 19.8. The Morgan fingerprint density at radius 1 is 1.14 bits per heavy atom. The SMILES string of the molecule is COc1cc(C)c2[nH]ccc2c1C(N1CCCC[C@H]1c1ccccc1)C(F)(F)F. The first-order valence-corrected chi connectivity index (χ1v) is 9.93. The molecule has 4 rings (SSSR count). The van der Waals surface area contributed by atoms with E-state index in [1.165, 1.54) is 7.11 Å². The topological polar surface area (TPSA) is 28.3 Å². The Bertz CT molecular complexity index is 981. The van der Waals surface area contributed by atoms with E-state index in [1.54, 1.807) is 23.2 Å². The van der Waals surface area contributed by atoms with Crippen molar-refractivity contribution in [1.29, 1.82) is 0 Å². The van der Waals surface area contributed by atoms with Crippen molar-refractivity contribution in [3.8, 4) is 5.75 Å². The van der Waals surface area contributed by atoms with Crippen LogP contribution < -0.4 is 4.74 Å². The number of benzene rings is 2. The third-order valence-corrected chi connectivity index (χ3v) is 5.91. The summed E-state index contributed by atoms with van der Waals surface area (Å²) in [6, 6.07) is 10.9. The number of fused-ring (bicyclic) bond motifs is 1. The standard InChI is InChI=1S/C23H25F3N2O/c1-15-14-19(29-2)20(17-11-12-27-21(15)17)22(23(24,25)26)28-13-7-6-10-18(28)16-8-4-3-5-9-16/h3-5,8-9,11-12,14,18,22,27H,6-7,10,13H2,1-2H3/t18-,22?/m0/s1. The minimum absolute atomic E-state index is 0.199. The molecule has 1 aliphatic heterocycles. The van der Waals surface area contributed by atoms with Crippen LogP contribution in [-0.2, 0) is 0 Å². The minimum atomic E-state index is -4.43. The minimum Gasteiger partial charge on any atom is -0.496 e. The fourth-order valence-corrected chi connectivity index (χ4v) is 4.66. The molecule has 1 fully saturated rings.